The summed E-state index contributed by atoms with van der Waals surface area (Å²) in [5, 5.41) is 14.1. The van der Waals surface area contributed by atoms with Crippen LogP contribution in [-0.4, -0.2) is 10.2 Å². The summed E-state index contributed by atoms with van der Waals surface area (Å²) in [7, 11) is 0. The van der Waals surface area contributed by atoms with E-state index in [2.05, 4.69) is 10.2 Å². The van der Waals surface area contributed by atoms with Crippen molar-refractivity contribution < 1.29 is 13.2 Å². The monoisotopic (exact) mass is 320 g/mol. The van der Waals surface area contributed by atoms with Crippen LogP contribution in [0.25, 0.3) is 11.1 Å². The van der Waals surface area contributed by atoms with Crippen LogP contribution in [0.2, 0.25) is 10.0 Å². The fourth-order valence-corrected chi connectivity index (χ4v) is 2.36. The maximum atomic E-state index is 12.8. The summed E-state index contributed by atoms with van der Waals surface area (Å²) in [5.41, 5.74) is 4.14. The van der Waals surface area contributed by atoms with Crippen molar-refractivity contribution in [2.75, 3.05) is 5.73 Å². The Balaban J connectivity index is 2.82. The molecule has 1 heterocycles. The van der Waals surface area contributed by atoms with E-state index >= 15 is 0 Å². The van der Waals surface area contributed by atoms with Gasteiger partial charge in [-0.3, -0.25) is 5.10 Å². The van der Waals surface area contributed by atoms with Crippen LogP contribution in [0.1, 0.15) is 11.3 Å². The Morgan fingerprint density at radius 3 is 2.45 bits per heavy atom. The molecular weight excluding hydrogens is 316 g/mol. The number of nitrogens with two attached hydrogens (primary N) is 1. The molecule has 0 bridgehead atoms. The third-order valence-corrected chi connectivity index (χ3v) is 3.26. The fourth-order valence-electron chi connectivity index (χ4n) is 1.69. The highest BCUT2D eigenvalue weighted by Gasteiger charge is 2.35. The standard InChI is InChI=1S/C11H5Cl2F3N4/c12-5-2-1-4(11(14,15)16)9(13)7(5)8-6(3-17)19-20-10(8)18/h1-2H,(H3,18,19,20). The number of nitrogen functional groups attached to an aromatic ring is 1. The summed E-state index contributed by atoms with van der Waals surface area (Å²) in [4.78, 5) is 0. The van der Waals surface area contributed by atoms with E-state index in [4.69, 9.17) is 34.2 Å². The molecule has 0 unspecified atom stereocenters. The van der Waals surface area contributed by atoms with Gasteiger partial charge in [0.25, 0.3) is 0 Å². The number of nitrogens with one attached hydrogen (secondary N) is 1. The Morgan fingerprint density at radius 2 is 1.90 bits per heavy atom. The van der Waals surface area contributed by atoms with Crippen molar-refractivity contribution in [2.45, 2.75) is 6.18 Å². The zero-order valence-electron chi connectivity index (χ0n) is 9.52. The maximum absolute atomic E-state index is 12.8. The third kappa shape index (κ3) is 2.28. The van der Waals surface area contributed by atoms with Crippen LogP contribution in [0.5, 0.6) is 0 Å². The number of halogens is 5. The second-order valence-corrected chi connectivity index (χ2v) is 4.54. The molecular formula is C11H5Cl2F3N4. The van der Waals surface area contributed by atoms with Gasteiger partial charge >= 0.3 is 6.18 Å². The Hall–Kier alpha value is -1.91. The Morgan fingerprint density at radius 1 is 1.25 bits per heavy atom. The number of hydrogen-bond acceptors (Lipinski definition) is 3. The minimum Gasteiger partial charge on any atom is -0.382 e. The van der Waals surface area contributed by atoms with E-state index in [0.717, 1.165) is 12.1 Å². The lowest BCUT2D eigenvalue weighted by molar-refractivity contribution is -0.137. The smallest absolute Gasteiger partial charge is 0.382 e. The van der Waals surface area contributed by atoms with Gasteiger partial charge in [-0.25, -0.2) is 0 Å². The molecule has 2 rings (SSSR count). The van der Waals surface area contributed by atoms with Gasteiger partial charge in [-0.2, -0.15) is 23.5 Å². The maximum Gasteiger partial charge on any atom is 0.417 e. The van der Waals surface area contributed by atoms with Crippen LogP contribution in [0.15, 0.2) is 12.1 Å². The van der Waals surface area contributed by atoms with Crippen LogP contribution in [0.3, 0.4) is 0 Å². The minimum atomic E-state index is -4.65. The third-order valence-electron chi connectivity index (χ3n) is 2.55. The van der Waals surface area contributed by atoms with E-state index in [0.29, 0.717) is 0 Å². The summed E-state index contributed by atoms with van der Waals surface area (Å²) >= 11 is 11.7. The highest BCUT2D eigenvalue weighted by atomic mass is 35.5. The van der Waals surface area contributed by atoms with Crippen molar-refractivity contribution in [3.63, 3.8) is 0 Å². The molecule has 0 saturated heterocycles. The van der Waals surface area contributed by atoms with E-state index in [-0.39, 0.29) is 27.7 Å². The highest BCUT2D eigenvalue weighted by Crippen LogP contribution is 2.45. The normalized spacial score (nSPS) is 11.4. The zero-order chi connectivity index (χ0) is 15.1. The molecule has 1 aromatic heterocycles. The molecule has 9 heteroatoms. The van der Waals surface area contributed by atoms with Crippen LogP contribution >= 0.6 is 23.2 Å². The number of rotatable bonds is 1. The summed E-state index contributed by atoms with van der Waals surface area (Å²) in [5.74, 6) is -0.162. The quantitative estimate of drug-likeness (QED) is 0.837. The topological polar surface area (TPSA) is 78.5 Å². The minimum absolute atomic E-state index is 0.0476. The average molecular weight is 321 g/mol. The van der Waals surface area contributed by atoms with Gasteiger partial charge in [0.1, 0.15) is 11.8 Å². The Labute approximate surface area is 120 Å². The first-order valence-corrected chi connectivity index (χ1v) is 5.82. The molecule has 0 radical (unpaired) electrons. The van der Waals surface area contributed by atoms with E-state index in [1.54, 1.807) is 6.07 Å². The van der Waals surface area contributed by atoms with Gasteiger partial charge in [-0.05, 0) is 12.1 Å². The second-order valence-electron chi connectivity index (χ2n) is 3.75. The van der Waals surface area contributed by atoms with Crippen molar-refractivity contribution in [1.29, 1.82) is 5.26 Å². The molecule has 104 valence electrons. The average Bonchev–Trinajstić information content (AvgIpc) is 2.69. The van der Waals surface area contributed by atoms with E-state index < -0.39 is 16.8 Å². The van der Waals surface area contributed by atoms with Crippen LogP contribution < -0.4 is 5.73 Å². The van der Waals surface area contributed by atoms with Crippen molar-refractivity contribution >= 4 is 29.0 Å². The number of nitriles is 1. The van der Waals surface area contributed by atoms with Crippen LogP contribution in [-0.2, 0) is 6.18 Å². The molecule has 0 saturated carbocycles. The molecule has 0 aliphatic rings. The molecule has 0 fully saturated rings. The van der Waals surface area contributed by atoms with Gasteiger partial charge in [0.15, 0.2) is 5.82 Å². The van der Waals surface area contributed by atoms with E-state index in [1.165, 1.54) is 0 Å². The number of H-pyrrole nitrogens is 1. The molecule has 0 aliphatic carbocycles. The van der Waals surface area contributed by atoms with Gasteiger partial charge in [-0.1, -0.05) is 23.2 Å². The van der Waals surface area contributed by atoms with Crippen molar-refractivity contribution in [1.82, 2.24) is 10.2 Å². The lowest BCUT2D eigenvalue weighted by Crippen LogP contribution is -2.07. The largest absolute Gasteiger partial charge is 0.417 e. The first kappa shape index (κ1) is 14.5. The van der Waals surface area contributed by atoms with Gasteiger partial charge in [0.05, 0.1) is 21.2 Å². The lowest BCUT2D eigenvalue weighted by Gasteiger charge is -2.13. The van der Waals surface area contributed by atoms with Crippen LogP contribution in [0.4, 0.5) is 19.0 Å². The predicted octanol–water partition coefficient (Wildman–Crippen LogP) is 3.86. The molecule has 3 N–H and O–H groups in total. The Kier molecular flexibility index (Phi) is 3.54. The first-order valence-electron chi connectivity index (χ1n) is 5.07. The summed E-state index contributed by atoms with van der Waals surface area (Å²) < 4.78 is 38.5. The molecule has 1 aromatic carbocycles. The fraction of sp³-hybridized carbons (Fsp3) is 0.0909. The Bertz CT molecular complexity index is 716. The number of anilines is 1. The number of aromatic nitrogens is 2. The lowest BCUT2D eigenvalue weighted by atomic mass is 10.0. The summed E-state index contributed by atoms with van der Waals surface area (Å²) in [6.45, 7) is 0. The van der Waals surface area contributed by atoms with E-state index in [9.17, 15) is 13.2 Å². The van der Waals surface area contributed by atoms with Gasteiger partial charge in [0, 0.05) is 5.56 Å². The number of aromatic amines is 1. The molecule has 4 nitrogen and oxygen atoms in total. The zero-order valence-corrected chi connectivity index (χ0v) is 11.0. The summed E-state index contributed by atoms with van der Waals surface area (Å²) in [6.07, 6.45) is -4.65. The van der Waals surface area contributed by atoms with E-state index in [1.807, 2.05) is 0 Å². The van der Waals surface area contributed by atoms with Gasteiger partial charge < -0.3 is 5.73 Å². The van der Waals surface area contributed by atoms with Crippen molar-refractivity contribution in [3.05, 3.63) is 33.4 Å². The molecule has 20 heavy (non-hydrogen) atoms. The first-order chi connectivity index (χ1) is 9.27. The highest BCUT2D eigenvalue weighted by molar-refractivity contribution is 6.40. The van der Waals surface area contributed by atoms with Crippen LogP contribution in [0, 0.1) is 11.3 Å². The number of nitrogens with zero attached hydrogens (tertiary/aromatic N) is 2. The number of benzene rings is 1. The summed E-state index contributed by atoms with van der Waals surface area (Å²) in [6, 6.07) is 3.53. The molecule has 2 aromatic rings. The molecule has 0 aliphatic heterocycles. The number of hydrogen-bond donors (Lipinski definition) is 2. The predicted molar refractivity (Wildman–Crippen MR) is 68.2 cm³/mol. The molecule has 0 atom stereocenters. The van der Waals surface area contributed by atoms with Gasteiger partial charge in [-0.15, -0.1) is 0 Å². The number of alkyl halides is 3. The SMILES string of the molecule is N#Cc1[nH]nc(N)c1-c1c(Cl)ccc(C(F)(F)F)c1Cl. The van der Waals surface area contributed by atoms with Crippen molar-refractivity contribution in [3.8, 4) is 17.2 Å². The molecule has 0 spiro atoms. The van der Waals surface area contributed by atoms with Crippen molar-refractivity contribution in [2.24, 2.45) is 0 Å². The van der Waals surface area contributed by atoms with Gasteiger partial charge in [0.2, 0.25) is 0 Å². The molecule has 0 amide bonds. The second kappa shape index (κ2) is 4.89.